The Morgan fingerprint density at radius 3 is 2.17 bits per heavy atom. The van der Waals surface area contributed by atoms with Crippen molar-refractivity contribution in [3.8, 4) is 11.5 Å². The maximum absolute atomic E-state index is 12.7. The zero-order valence-electron chi connectivity index (χ0n) is 19.5. The first-order chi connectivity index (χ1) is 17.0. The highest BCUT2D eigenvalue weighted by atomic mass is 32.2. The average molecular weight is 483 g/mol. The fourth-order valence-electron chi connectivity index (χ4n) is 3.41. The minimum absolute atomic E-state index is 0.110. The molecule has 1 atom stereocenters. The van der Waals surface area contributed by atoms with Crippen LogP contribution in [-0.4, -0.2) is 17.1 Å². The van der Waals surface area contributed by atoms with Gasteiger partial charge in [-0.3, -0.25) is 9.59 Å². The molecule has 0 aliphatic rings. The molecule has 0 spiro atoms. The van der Waals surface area contributed by atoms with Gasteiger partial charge in [0.2, 0.25) is 5.91 Å². The van der Waals surface area contributed by atoms with Crippen molar-refractivity contribution in [2.24, 2.45) is 0 Å². The minimum atomic E-state index is -0.336. The Balaban J connectivity index is 1.33. The van der Waals surface area contributed by atoms with E-state index in [1.165, 1.54) is 11.8 Å². The summed E-state index contributed by atoms with van der Waals surface area (Å²) in [6, 6.07) is 31.8. The fourth-order valence-corrected chi connectivity index (χ4v) is 4.33. The zero-order chi connectivity index (χ0) is 24.6. The molecule has 0 aromatic heterocycles. The molecule has 0 bridgehead atoms. The molecule has 6 heteroatoms. The molecule has 176 valence electrons. The summed E-state index contributed by atoms with van der Waals surface area (Å²) in [5, 5.41) is 5.55. The van der Waals surface area contributed by atoms with E-state index in [4.69, 9.17) is 4.74 Å². The number of anilines is 2. The van der Waals surface area contributed by atoms with Crippen LogP contribution >= 0.6 is 11.8 Å². The number of thioether (sulfide) groups is 1. The molecule has 1 unspecified atom stereocenters. The summed E-state index contributed by atoms with van der Waals surface area (Å²) in [7, 11) is 0. The first-order valence-corrected chi connectivity index (χ1v) is 12.1. The van der Waals surface area contributed by atoms with Crippen molar-refractivity contribution in [3.05, 3.63) is 114 Å². The minimum Gasteiger partial charge on any atom is -0.457 e. The van der Waals surface area contributed by atoms with Gasteiger partial charge in [-0.15, -0.1) is 11.8 Å². The third-order valence-electron chi connectivity index (χ3n) is 5.26. The molecule has 35 heavy (non-hydrogen) atoms. The number of carbonyl (C=O) groups excluding carboxylic acids is 2. The van der Waals surface area contributed by atoms with Crippen molar-refractivity contribution in [2.45, 2.75) is 24.0 Å². The van der Waals surface area contributed by atoms with E-state index in [1.807, 2.05) is 111 Å². The number of para-hydroxylation sites is 1. The highest BCUT2D eigenvalue weighted by molar-refractivity contribution is 8.00. The summed E-state index contributed by atoms with van der Waals surface area (Å²) >= 11 is 1.43. The van der Waals surface area contributed by atoms with Gasteiger partial charge in [-0.25, -0.2) is 0 Å². The summed E-state index contributed by atoms with van der Waals surface area (Å²) < 4.78 is 5.79. The van der Waals surface area contributed by atoms with E-state index >= 15 is 0 Å². The SMILES string of the molecule is Cc1ccccc1C(=O)Nc1cccc(SC(C)C(=O)Nc2ccc(Oc3ccccc3)cc2)c1. The standard InChI is InChI=1S/C29H26N2O3S/c1-20-9-6-7-14-27(20)29(33)31-23-10-8-13-26(19-23)35-21(2)28(32)30-22-15-17-25(18-16-22)34-24-11-4-3-5-12-24/h3-19,21H,1-2H3,(H,30,32)(H,31,33). The second-order valence-corrected chi connectivity index (χ2v) is 9.40. The molecule has 0 radical (unpaired) electrons. The van der Waals surface area contributed by atoms with Gasteiger partial charge in [0, 0.05) is 21.8 Å². The summed E-state index contributed by atoms with van der Waals surface area (Å²) in [6.07, 6.45) is 0. The highest BCUT2D eigenvalue weighted by Gasteiger charge is 2.16. The first-order valence-electron chi connectivity index (χ1n) is 11.3. The molecule has 0 fully saturated rings. The Labute approximate surface area is 209 Å². The average Bonchev–Trinajstić information content (AvgIpc) is 2.86. The molecule has 0 saturated heterocycles. The molecule has 0 aliphatic carbocycles. The second kappa shape index (κ2) is 11.4. The number of amides is 2. The molecule has 0 saturated carbocycles. The van der Waals surface area contributed by atoms with E-state index in [-0.39, 0.29) is 17.1 Å². The van der Waals surface area contributed by atoms with Crippen molar-refractivity contribution in [3.63, 3.8) is 0 Å². The van der Waals surface area contributed by atoms with Crippen molar-refractivity contribution < 1.29 is 14.3 Å². The second-order valence-electron chi connectivity index (χ2n) is 7.99. The van der Waals surface area contributed by atoms with E-state index in [0.29, 0.717) is 22.7 Å². The summed E-state index contributed by atoms with van der Waals surface area (Å²) in [5.41, 5.74) is 2.94. The lowest BCUT2D eigenvalue weighted by Gasteiger charge is -2.14. The van der Waals surface area contributed by atoms with Gasteiger partial charge < -0.3 is 15.4 Å². The third kappa shape index (κ3) is 6.74. The third-order valence-corrected chi connectivity index (χ3v) is 6.36. The molecule has 0 aliphatic heterocycles. The number of nitrogens with one attached hydrogen (secondary N) is 2. The topological polar surface area (TPSA) is 67.4 Å². The van der Waals surface area contributed by atoms with Gasteiger partial charge in [0.05, 0.1) is 5.25 Å². The Morgan fingerprint density at radius 2 is 1.43 bits per heavy atom. The van der Waals surface area contributed by atoms with Gasteiger partial charge >= 0.3 is 0 Å². The van der Waals surface area contributed by atoms with Gasteiger partial charge in [0.25, 0.3) is 5.91 Å². The maximum Gasteiger partial charge on any atom is 0.255 e. The first kappa shape index (κ1) is 24.1. The summed E-state index contributed by atoms with van der Waals surface area (Å²) in [6.45, 7) is 3.76. The zero-order valence-corrected chi connectivity index (χ0v) is 20.3. The van der Waals surface area contributed by atoms with Gasteiger partial charge in [-0.1, -0.05) is 42.5 Å². The number of benzene rings is 4. The largest absolute Gasteiger partial charge is 0.457 e. The number of aryl methyl sites for hydroxylation is 1. The Bertz CT molecular complexity index is 1310. The van der Waals surface area contributed by atoms with E-state index in [2.05, 4.69) is 10.6 Å². The Hall–Kier alpha value is -4.03. The van der Waals surface area contributed by atoms with Crippen LogP contribution < -0.4 is 15.4 Å². The van der Waals surface area contributed by atoms with Crippen LogP contribution in [0.4, 0.5) is 11.4 Å². The lowest BCUT2D eigenvalue weighted by Crippen LogP contribution is -2.22. The Kier molecular flexibility index (Phi) is 7.85. The van der Waals surface area contributed by atoms with Crippen LogP contribution in [0.2, 0.25) is 0 Å². The van der Waals surface area contributed by atoms with Gasteiger partial charge in [-0.2, -0.15) is 0 Å². The van der Waals surface area contributed by atoms with Crippen LogP contribution in [0.3, 0.4) is 0 Å². The number of ether oxygens (including phenoxy) is 1. The number of rotatable bonds is 8. The van der Waals surface area contributed by atoms with Crippen LogP contribution in [0.1, 0.15) is 22.8 Å². The van der Waals surface area contributed by atoms with Crippen molar-refractivity contribution in [1.29, 1.82) is 0 Å². The van der Waals surface area contributed by atoms with Crippen molar-refractivity contribution in [2.75, 3.05) is 10.6 Å². The van der Waals surface area contributed by atoms with Crippen LogP contribution in [0.5, 0.6) is 11.5 Å². The van der Waals surface area contributed by atoms with Crippen molar-refractivity contribution in [1.82, 2.24) is 0 Å². The van der Waals surface area contributed by atoms with Gasteiger partial charge in [0.15, 0.2) is 0 Å². The van der Waals surface area contributed by atoms with Gasteiger partial charge in [-0.05, 0) is 80.1 Å². The van der Waals surface area contributed by atoms with Gasteiger partial charge in [0.1, 0.15) is 11.5 Å². The quantitative estimate of drug-likeness (QED) is 0.262. The highest BCUT2D eigenvalue weighted by Crippen LogP contribution is 2.28. The van der Waals surface area contributed by atoms with E-state index in [9.17, 15) is 9.59 Å². The molecular formula is C29H26N2O3S. The van der Waals surface area contributed by atoms with Crippen molar-refractivity contribution >= 4 is 35.0 Å². The summed E-state index contributed by atoms with van der Waals surface area (Å²) in [5.74, 6) is 1.18. The van der Waals surface area contributed by atoms with E-state index < -0.39 is 0 Å². The number of hydrogen-bond donors (Lipinski definition) is 2. The van der Waals surface area contributed by atoms with Crippen LogP contribution in [-0.2, 0) is 4.79 Å². The van der Waals surface area contributed by atoms with Crippen LogP contribution in [0.25, 0.3) is 0 Å². The molecule has 5 nitrogen and oxygen atoms in total. The summed E-state index contributed by atoms with van der Waals surface area (Å²) in [4.78, 5) is 26.3. The van der Waals surface area contributed by atoms with Crippen LogP contribution in [0.15, 0.2) is 108 Å². The fraction of sp³-hybridized carbons (Fsp3) is 0.103. The Morgan fingerprint density at radius 1 is 0.743 bits per heavy atom. The predicted octanol–water partition coefficient (Wildman–Crippen LogP) is 7.16. The van der Waals surface area contributed by atoms with E-state index in [1.54, 1.807) is 6.07 Å². The maximum atomic E-state index is 12.7. The molecule has 0 heterocycles. The monoisotopic (exact) mass is 482 g/mol. The molecule has 4 rings (SSSR count). The normalized spacial score (nSPS) is 11.4. The predicted molar refractivity (Wildman–Crippen MR) is 142 cm³/mol. The molecule has 4 aromatic rings. The molecule has 4 aromatic carbocycles. The van der Waals surface area contributed by atoms with Crippen LogP contribution in [0, 0.1) is 6.92 Å². The smallest absolute Gasteiger partial charge is 0.255 e. The molecule has 2 N–H and O–H groups in total. The number of hydrogen-bond acceptors (Lipinski definition) is 4. The number of carbonyl (C=O) groups is 2. The van der Waals surface area contributed by atoms with E-state index in [0.717, 1.165) is 16.2 Å². The molecular weight excluding hydrogens is 456 g/mol. The molecule has 2 amide bonds. The lowest BCUT2D eigenvalue weighted by atomic mass is 10.1. The lowest BCUT2D eigenvalue weighted by molar-refractivity contribution is -0.115.